The third-order valence-corrected chi connectivity index (χ3v) is 1.51. The van der Waals surface area contributed by atoms with Gasteiger partial charge in [-0.2, -0.15) is 5.26 Å². The van der Waals surface area contributed by atoms with Gasteiger partial charge in [-0.25, -0.2) is 8.78 Å². The SMILES string of the molecule is N#Cc1cc(F)ccc1NCCF. The van der Waals surface area contributed by atoms with Crippen molar-refractivity contribution in [1.82, 2.24) is 0 Å². The average Bonchev–Trinajstić information content (AvgIpc) is 2.16. The van der Waals surface area contributed by atoms with Crippen LogP contribution < -0.4 is 5.32 Å². The van der Waals surface area contributed by atoms with E-state index in [1.807, 2.05) is 6.07 Å². The van der Waals surface area contributed by atoms with Gasteiger partial charge in [0, 0.05) is 6.54 Å². The number of nitrogens with zero attached hydrogens (tertiary/aromatic N) is 1. The van der Waals surface area contributed by atoms with Gasteiger partial charge in [-0.15, -0.1) is 0 Å². The second-order valence-corrected chi connectivity index (χ2v) is 2.42. The van der Waals surface area contributed by atoms with E-state index in [9.17, 15) is 8.78 Å². The zero-order chi connectivity index (χ0) is 9.68. The van der Waals surface area contributed by atoms with Crippen molar-refractivity contribution in [3.05, 3.63) is 29.6 Å². The minimum absolute atomic E-state index is 0.125. The van der Waals surface area contributed by atoms with Crippen LogP contribution in [0.2, 0.25) is 0 Å². The number of hydrogen-bond donors (Lipinski definition) is 1. The molecule has 13 heavy (non-hydrogen) atoms. The quantitative estimate of drug-likeness (QED) is 0.776. The van der Waals surface area contributed by atoms with Gasteiger partial charge in [-0.05, 0) is 18.2 Å². The molecule has 0 heterocycles. The van der Waals surface area contributed by atoms with Crippen molar-refractivity contribution in [3.63, 3.8) is 0 Å². The summed E-state index contributed by atoms with van der Waals surface area (Å²) >= 11 is 0. The predicted octanol–water partition coefficient (Wildman–Crippen LogP) is 2.08. The lowest BCUT2D eigenvalue weighted by Crippen LogP contribution is -2.04. The van der Waals surface area contributed by atoms with Crippen LogP contribution in [0.3, 0.4) is 0 Å². The minimum atomic E-state index is -0.526. The first-order chi connectivity index (χ1) is 6.27. The fourth-order valence-corrected chi connectivity index (χ4v) is 0.945. The third kappa shape index (κ3) is 2.41. The zero-order valence-electron chi connectivity index (χ0n) is 6.85. The highest BCUT2D eigenvalue weighted by Crippen LogP contribution is 2.15. The summed E-state index contributed by atoms with van der Waals surface area (Å²) in [5.74, 6) is -0.470. The van der Waals surface area contributed by atoms with E-state index in [1.54, 1.807) is 0 Å². The molecular weight excluding hydrogens is 174 g/mol. The highest BCUT2D eigenvalue weighted by atomic mass is 19.1. The normalized spacial score (nSPS) is 9.31. The van der Waals surface area contributed by atoms with Crippen LogP contribution in [0.25, 0.3) is 0 Å². The average molecular weight is 182 g/mol. The number of alkyl halides is 1. The van der Waals surface area contributed by atoms with Gasteiger partial charge >= 0.3 is 0 Å². The van der Waals surface area contributed by atoms with Crippen LogP contribution in [-0.4, -0.2) is 13.2 Å². The molecule has 1 rings (SSSR count). The lowest BCUT2D eigenvalue weighted by molar-refractivity contribution is 0.512. The number of nitriles is 1. The van der Waals surface area contributed by atoms with Crippen LogP contribution in [-0.2, 0) is 0 Å². The van der Waals surface area contributed by atoms with E-state index in [1.165, 1.54) is 12.1 Å². The third-order valence-electron chi connectivity index (χ3n) is 1.51. The van der Waals surface area contributed by atoms with Gasteiger partial charge in [-0.3, -0.25) is 0 Å². The van der Waals surface area contributed by atoms with Crippen molar-refractivity contribution in [2.75, 3.05) is 18.5 Å². The molecule has 0 aliphatic carbocycles. The molecule has 0 amide bonds. The number of benzene rings is 1. The first kappa shape index (κ1) is 9.46. The molecule has 0 aromatic heterocycles. The van der Waals surface area contributed by atoms with E-state index < -0.39 is 12.5 Å². The smallest absolute Gasteiger partial charge is 0.124 e. The van der Waals surface area contributed by atoms with E-state index in [0.29, 0.717) is 5.69 Å². The molecule has 0 bridgehead atoms. The topological polar surface area (TPSA) is 35.8 Å². The molecule has 0 fully saturated rings. The lowest BCUT2D eigenvalue weighted by Gasteiger charge is -2.04. The first-order valence-electron chi connectivity index (χ1n) is 3.77. The summed E-state index contributed by atoms with van der Waals surface area (Å²) in [4.78, 5) is 0. The fourth-order valence-electron chi connectivity index (χ4n) is 0.945. The maximum Gasteiger partial charge on any atom is 0.124 e. The number of rotatable bonds is 3. The van der Waals surface area contributed by atoms with Crippen molar-refractivity contribution in [1.29, 1.82) is 5.26 Å². The van der Waals surface area contributed by atoms with Crippen LogP contribution in [0, 0.1) is 17.1 Å². The zero-order valence-corrected chi connectivity index (χ0v) is 6.85. The summed E-state index contributed by atoms with van der Waals surface area (Å²) in [5.41, 5.74) is 0.648. The molecule has 1 aromatic rings. The monoisotopic (exact) mass is 182 g/mol. The molecule has 2 nitrogen and oxygen atoms in total. The molecule has 68 valence electrons. The molecular formula is C9H8F2N2. The Hall–Kier alpha value is -1.63. The van der Waals surface area contributed by atoms with Crippen molar-refractivity contribution in [2.24, 2.45) is 0 Å². The Kier molecular flexibility index (Phi) is 3.21. The maximum absolute atomic E-state index is 12.6. The molecule has 0 saturated heterocycles. The number of hydrogen-bond acceptors (Lipinski definition) is 2. The largest absolute Gasteiger partial charge is 0.381 e. The molecule has 1 N–H and O–H groups in total. The number of nitrogens with one attached hydrogen (secondary N) is 1. The molecule has 0 radical (unpaired) electrons. The summed E-state index contributed by atoms with van der Waals surface area (Å²) in [6.07, 6.45) is 0. The Bertz CT molecular complexity index is 331. The fraction of sp³-hybridized carbons (Fsp3) is 0.222. The minimum Gasteiger partial charge on any atom is -0.381 e. The van der Waals surface area contributed by atoms with Gasteiger partial charge in [0.1, 0.15) is 18.6 Å². The van der Waals surface area contributed by atoms with Crippen molar-refractivity contribution in [2.45, 2.75) is 0 Å². The Balaban J connectivity index is 2.88. The summed E-state index contributed by atoms with van der Waals surface area (Å²) in [5, 5.41) is 11.3. The van der Waals surface area contributed by atoms with Gasteiger partial charge in [0.2, 0.25) is 0 Å². The summed E-state index contributed by atoms with van der Waals surface area (Å²) in [7, 11) is 0. The van der Waals surface area contributed by atoms with E-state index in [4.69, 9.17) is 5.26 Å². The molecule has 0 aliphatic rings. The molecule has 0 atom stereocenters. The number of halogens is 2. The van der Waals surface area contributed by atoms with Gasteiger partial charge in [-0.1, -0.05) is 0 Å². The molecule has 0 aliphatic heterocycles. The van der Waals surface area contributed by atoms with Crippen LogP contribution in [0.1, 0.15) is 5.56 Å². The number of anilines is 1. The van der Waals surface area contributed by atoms with Crippen LogP contribution in [0.15, 0.2) is 18.2 Å². The predicted molar refractivity (Wildman–Crippen MR) is 45.6 cm³/mol. The summed E-state index contributed by atoms with van der Waals surface area (Å²) < 4.78 is 24.4. The van der Waals surface area contributed by atoms with E-state index in [2.05, 4.69) is 5.32 Å². The van der Waals surface area contributed by atoms with Crippen molar-refractivity contribution in [3.8, 4) is 6.07 Å². The van der Waals surface area contributed by atoms with Crippen LogP contribution >= 0.6 is 0 Å². The summed E-state index contributed by atoms with van der Waals surface area (Å²) in [6, 6.07) is 5.58. The van der Waals surface area contributed by atoms with Crippen molar-refractivity contribution < 1.29 is 8.78 Å². The highest BCUT2D eigenvalue weighted by Gasteiger charge is 2.01. The first-order valence-corrected chi connectivity index (χ1v) is 3.77. The van der Waals surface area contributed by atoms with Gasteiger partial charge < -0.3 is 5.32 Å². The van der Waals surface area contributed by atoms with E-state index in [0.717, 1.165) is 6.07 Å². The Morgan fingerprint density at radius 3 is 2.85 bits per heavy atom. The maximum atomic E-state index is 12.6. The van der Waals surface area contributed by atoms with Gasteiger partial charge in [0.15, 0.2) is 0 Å². The highest BCUT2D eigenvalue weighted by molar-refractivity contribution is 5.57. The van der Waals surface area contributed by atoms with Gasteiger partial charge in [0.05, 0.1) is 11.3 Å². The summed E-state index contributed by atoms with van der Waals surface area (Å²) in [6.45, 7) is -0.400. The van der Waals surface area contributed by atoms with E-state index in [-0.39, 0.29) is 12.1 Å². The molecule has 4 heteroatoms. The van der Waals surface area contributed by atoms with Crippen molar-refractivity contribution >= 4 is 5.69 Å². The van der Waals surface area contributed by atoms with Gasteiger partial charge in [0.25, 0.3) is 0 Å². The molecule has 0 saturated carbocycles. The van der Waals surface area contributed by atoms with Crippen LogP contribution in [0.4, 0.5) is 14.5 Å². The Morgan fingerprint density at radius 2 is 2.23 bits per heavy atom. The molecule has 0 unspecified atom stereocenters. The Labute approximate surface area is 74.8 Å². The second-order valence-electron chi connectivity index (χ2n) is 2.42. The molecule has 1 aromatic carbocycles. The lowest BCUT2D eigenvalue weighted by atomic mass is 10.2. The Morgan fingerprint density at radius 1 is 1.46 bits per heavy atom. The second kappa shape index (κ2) is 4.41. The standard InChI is InChI=1S/C9H8F2N2/c10-3-4-13-9-2-1-8(11)5-7(9)6-12/h1-2,5,13H,3-4H2. The van der Waals surface area contributed by atoms with E-state index >= 15 is 0 Å². The van der Waals surface area contributed by atoms with Crippen LogP contribution in [0.5, 0.6) is 0 Å². The molecule has 0 spiro atoms.